The van der Waals surface area contributed by atoms with Crippen molar-refractivity contribution in [3.8, 4) is 23.1 Å². The molecule has 4 aromatic rings. The van der Waals surface area contributed by atoms with Gasteiger partial charge >= 0.3 is 0 Å². The molecule has 0 radical (unpaired) electrons. The van der Waals surface area contributed by atoms with Gasteiger partial charge in [-0.15, -0.1) is 0 Å². The zero-order valence-electron chi connectivity index (χ0n) is 16.3. The molecule has 0 atom stereocenters. The van der Waals surface area contributed by atoms with Crippen molar-refractivity contribution in [2.75, 3.05) is 5.32 Å². The molecule has 0 aliphatic carbocycles. The number of hydrogen-bond acceptors (Lipinski definition) is 3. The van der Waals surface area contributed by atoms with E-state index in [0.717, 1.165) is 34.0 Å². The van der Waals surface area contributed by atoms with E-state index < -0.39 is 0 Å². The van der Waals surface area contributed by atoms with Crippen molar-refractivity contribution in [1.29, 1.82) is 0 Å². The van der Waals surface area contributed by atoms with Crippen LogP contribution in [0.25, 0.3) is 16.9 Å². The van der Waals surface area contributed by atoms with E-state index in [4.69, 9.17) is 4.98 Å². The van der Waals surface area contributed by atoms with Crippen LogP contribution >= 0.6 is 0 Å². The third kappa shape index (κ3) is 3.89. The Morgan fingerprint density at radius 1 is 0.929 bits per heavy atom. The van der Waals surface area contributed by atoms with E-state index in [2.05, 4.69) is 59.4 Å². The summed E-state index contributed by atoms with van der Waals surface area (Å²) in [5, 5.41) is 3.60. The molecule has 0 saturated carbocycles. The van der Waals surface area contributed by atoms with Crippen LogP contribution in [0.1, 0.15) is 32.0 Å². The highest BCUT2D eigenvalue weighted by Crippen LogP contribution is 2.31. The molecule has 0 bridgehead atoms. The monoisotopic (exact) mass is 366 g/mol. The Kier molecular flexibility index (Phi) is 4.58. The molecule has 0 unspecified atom stereocenters. The fraction of sp³-hybridized carbons (Fsp3) is 0.167. The molecule has 0 aliphatic heterocycles. The lowest BCUT2D eigenvalue weighted by atomic mass is 10.1. The number of pyridine rings is 2. The molecule has 1 N–H and O–H groups in total. The van der Waals surface area contributed by atoms with Gasteiger partial charge in [-0.2, -0.15) is 0 Å². The van der Waals surface area contributed by atoms with E-state index in [9.17, 15) is 0 Å². The van der Waals surface area contributed by atoms with Gasteiger partial charge in [0.15, 0.2) is 0 Å². The summed E-state index contributed by atoms with van der Waals surface area (Å²) in [5.74, 6) is 7.31. The van der Waals surface area contributed by atoms with Gasteiger partial charge in [0.2, 0.25) is 0 Å². The molecule has 3 aromatic heterocycles. The lowest BCUT2D eigenvalue weighted by Crippen LogP contribution is -2.27. The number of anilines is 1. The van der Waals surface area contributed by atoms with E-state index >= 15 is 0 Å². The largest absolute Gasteiger partial charge is 0.365 e. The number of fused-ring (bicyclic) bond motifs is 1. The van der Waals surface area contributed by atoms with Gasteiger partial charge in [-0.25, -0.2) is 9.97 Å². The van der Waals surface area contributed by atoms with Crippen molar-refractivity contribution < 1.29 is 0 Å². The molecule has 4 rings (SSSR count). The molecular formula is C24H22N4. The molecule has 28 heavy (non-hydrogen) atoms. The molecular weight excluding hydrogens is 344 g/mol. The normalized spacial score (nSPS) is 11.1. The van der Waals surface area contributed by atoms with Gasteiger partial charge in [0.1, 0.15) is 22.9 Å². The predicted molar refractivity (Wildman–Crippen MR) is 114 cm³/mol. The number of benzene rings is 1. The molecule has 4 nitrogen and oxygen atoms in total. The Bertz CT molecular complexity index is 1170. The van der Waals surface area contributed by atoms with Gasteiger partial charge in [0.25, 0.3) is 0 Å². The fourth-order valence-corrected chi connectivity index (χ4v) is 2.99. The van der Waals surface area contributed by atoms with E-state index in [1.54, 1.807) is 6.20 Å². The van der Waals surface area contributed by atoms with Crippen LogP contribution in [0.5, 0.6) is 0 Å². The third-order valence-corrected chi connectivity index (χ3v) is 4.16. The number of rotatable bonds is 2. The van der Waals surface area contributed by atoms with Crippen molar-refractivity contribution in [3.05, 3.63) is 84.3 Å². The van der Waals surface area contributed by atoms with Gasteiger partial charge in [-0.3, -0.25) is 4.40 Å². The average molecular weight is 366 g/mol. The summed E-state index contributed by atoms with van der Waals surface area (Å²) >= 11 is 0. The second kappa shape index (κ2) is 7.21. The number of nitrogens with zero attached hydrogens (tertiary/aromatic N) is 3. The summed E-state index contributed by atoms with van der Waals surface area (Å²) in [5.41, 5.74) is 4.47. The highest BCUT2D eigenvalue weighted by atomic mass is 15.2. The van der Waals surface area contributed by atoms with Crippen molar-refractivity contribution >= 4 is 11.5 Å². The van der Waals surface area contributed by atoms with Crippen LogP contribution in [0.3, 0.4) is 0 Å². The van der Waals surface area contributed by atoms with Crippen LogP contribution in [0.2, 0.25) is 0 Å². The van der Waals surface area contributed by atoms with Gasteiger partial charge in [0, 0.05) is 29.1 Å². The maximum Gasteiger partial charge on any atom is 0.139 e. The molecule has 1 aromatic carbocycles. The minimum Gasteiger partial charge on any atom is -0.365 e. The Balaban J connectivity index is 1.78. The summed E-state index contributed by atoms with van der Waals surface area (Å²) in [7, 11) is 0. The van der Waals surface area contributed by atoms with Crippen LogP contribution < -0.4 is 5.32 Å². The second-order valence-electron chi connectivity index (χ2n) is 7.66. The highest BCUT2D eigenvalue weighted by Gasteiger charge is 2.19. The van der Waals surface area contributed by atoms with Crippen LogP contribution in [0, 0.1) is 11.8 Å². The molecule has 0 fully saturated rings. The Morgan fingerprint density at radius 2 is 1.79 bits per heavy atom. The summed E-state index contributed by atoms with van der Waals surface area (Å²) < 4.78 is 2.09. The first-order chi connectivity index (χ1) is 13.5. The Hall–Kier alpha value is -3.58. The van der Waals surface area contributed by atoms with Crippen molar-refractivity contribution in [2.24, 2.45) is 0 Å². The number of nitrogens with one attached hydrogen (secondary N) is 1. The Morgan fingerprint density at radius 3 is 2.57 bits per heavy atom. The van der Waals surface area contributed by atoms with Crippen LogP contribution in [-0.2, 0) is 0 Å². The molecule has 4 heteroatoms. The zero-order chi connectivity index (χ0) is 19.6. The van der Waals surface area contributed by atoms with Gasteiger partial charge < -0.3 is 5.32 Å². The predicted octanol–water partition coefficient (Wildman–Crippen LogP) is 5.01. The zero-order valence-corrected chi connectivity index (χ0v) is 16.3. The fourth-order valence-electron chi connectivity index (χ4n) is 2.99. The summed E-state index contributed by atoms with van der Waals surface area (Å²) in [4.78, 5) is 9.12. The Labute approximate surface area is 165 Å². The van der Waals surface area contributed by atoms with Gasteiger partial charge in [0.05, 0.1) is 0 Å². The van der Waals surface area contributed by atoms with Crippen LogP contribution in [-0.4, -0.2) is 19.9 Å². The maximum absolute atomic E-state index is 4.87. The molecule has 138 valence electrons. The molecule has 0 aliphatic rings. The van der Waals surface area contributed by atoms with Crippen molar-refractivity contribution in [2.45, 2.75) is 26.3 Å². The maximum atomic E-state index is 4.87. The topological polar surface area (TPSA) is 42.2 Å². The number of hydrogen-bond donors (Lipinski definition) is 1. The van der Waals surface area contributed by atoms with Crippen molar-refractivity contribution in [3.63, 3.8) is 0 Å². The minimum atomic E-state index is -0.0864. The lowest BCUT2D eigenvalue weighted by molar-refractivity contribution is 0.629. The molecule has 3 heterocycles. The van der Waals surface area contributed by atoms with E-state index in [1.807, 2.05) is 54.7 Å². The molecule has 0 spiro atoms. The van der Waals surface area contributed by atoms with Crippen LogP contribution in [0.15, 0.2) is 73.1 Å². The smallest absolute Gasteiger partial charge is 0.139 e. The molecule has 0 amide bonds. The first-order valence-corrected chi connectivity index (χ1v) is 9.28. The van der Waals surface area contributed by atoms with E-state index in [1.165, 1.54) is 0 Å². The summed E-state index contributed by atoms with van der Waals surface area (Å²) in [6.45, 7) is 6.44. The van der Waals surface area contributed by atoms with Crippen LogP contribution in [0.4, 0.5) is 5.82 Å². The second-order valence-corrected chi connectivity index (χ2v) is 7.66. The minimum absolute atomic E-state index is 0.0864. The van der Waals surface area contributed by atoms with Gasteiger partial charge in [-0.1, -0.05) is 30.2 Å². The number of imidazole rings is 1. The van der Waals surface area contributed by atoms with Gasteiger partial charge in [-0.05, 0) is 63.1 Å². The van der Waals surface area contributed by atoms with Crippen molar-refractivity contribution in [1.82, 2.24) is 14.4 Å². The standard InChI is InChI=1S/C24H22N4/c1-24(2,3)27-23-22(26-21-12-5-7-16-28(21)23)19-10-8-9-18(17-19)13-14-20-11-4-6-15-25-20/h4-12,15-17,27H,1-3H3. The SMILES string of the molecule is CC(C)(C)Nc1c(-c2cccc(C#Cc3ccccn3)c2)nc2ccccn12. The lowest BCUT2D eigenvalue weighted by Gasteiger charge is -2.22. The average Bonchev–Trinajstić information content (AvgIpc) is 3.04. The van der Waals surface area contributed by atoms with E-state index in [-0.39, 0.29) is 5.54 Å². The summed E-state index contributed by atoms with van der Waals surface area (Å²) in [6.07, 6.45) is 3.78. The molecule has 0 saturated heterocycles. The first kappa shape index (κ1) is 17.8. The van der Waals surface area contributed by atoms with E-state index in [0.29, 0.717) is 0 Å². The quantitative estimate of drug-likeness (QED) is 0.507. The number of aromatic nitrogens is 3. The summed E-state index contributed by atoms with van der Waals surface area (Å²) in [6, 6.07) is 19.9. The highest BCUT2D eigenvalue weighted by molar-refractivity contribution is 5.77. The third-order valence-electron chi connectivity index (χ3n) is 4.16. The first-order valence-electron chi connectivity index (χ1n) is 9.28.